The van der Waals surface area contributed by atoms with Crippen molar-refractivity contribution in [2.45, 2.75) is 105 Å². The van der Waals surface area contributed by atoms with E-state index in [1.807, 2.05) is 86.6 Å². The lowest BCUT2D eigenvalue weighted by Crippen LogP contribution is -2.33. The number of anilines is 3. The molecule has 6 N–H and O–H groups in total. The summed E-state index contributed by atoms with van der Waals surface area (Å²) in [6.07, 6.45) is 12.0. The molecule has 0 atom stereocenters. The third-order valence-corrected chi connectivity index (χ3v) is 15.4. The molecule has 0 aliphatic carbocycles. The lowest BCUT2D eigenvalue weighted by atomic mass is 9.99. The van der Waals surface area contributed by atoms with Gasteiger partial charge in [-0.15, -0.1) is 9.13 Å². The quantitative estimate of drug-likeness (QED) is 0.0174. The van der Waals surface area contributed by atoms with Gasteiger partial charge in [-0.3, -0.25) is 9.59 Å². The number of fused-ring (bicyclic) bond motifs is 4. The average Bonchev–Trinajstić information content (AvgIpc) is 3.65. The standard InChI is InChI=1S/C68H70N8O2/c1-45-37-59-63(75(54-22-14-11-15-23-54)64-42-56(69)46(2)38-60(64)73-59)41-53(45)21-13-7-5-10-20-36-72-68(78)52-33-29-50(30-34-52)49-27-31-51(32-28-49)67(77)26-18-8-6-9-19-35-71-58-44-66-62(40-48(58)4)74-61-39-47(3)57(70)43-65(61)76(66)55-24-16-12-17-25-55/h11-12,14-17,22-25,27-34,37-44,69H,5-10,13,18-21,26,35-36H2,1-4H3,(H3,70,71,72,78)/p+2. The fourth-order valence-electron chi connectivity index (χ4n) is 10.8. The van der Waals surface area contributed by atoms with E-state index in [2.05, 4.69) is 119 Å². The van der Waals surface area contributed by atoms with Gasteiger partial charge >= 0.3 is 0 Å². The van der Waals surface area contributed by atoms with Gasteiger partial charge < -0.3 is 22.1 Å². The molecule has 78 heavy (non-hydrogen) atoms. The van der Waals surface area contributed by atoms with Crippen molar-refractivity contribution in [2.24, 2.45) is 0 Å². The minimum absolute atomic E-state index is 0.0548. The summed E-state index contributed by atoms with van der Waals surface area (Å²) in [4.78, 5) is 36.3. The summed E-state index contributed by atoms with van der Waals surface area (Å²) in [6.45, 7) is 9.90. The number of nitrogens with zero attached hydrogens (tertiary/aromatic N) is 4. The van der Waals surface area contributed by atoms with E-state index in [1.165, 1.54) is 11.1 Å². The highest BCUT2D eigenvalue weighted by Crippen LogP contribution is 2.29. The molecule has 0 unspecified atom stereocenters. The maximum absolute atomic E-state index is 13.1. The maximum Gasteiger partial charge on any atom is 0.251 e. The number of nitrogens with one attached hydrogen (secondary N) is 2. The zero-order chi connectivity index (χ0) is 54.1. The van der Waals surface area contributed by atoms with Crippen molar-refractivity contribution in [3.8, 4) is 22.5 Å². The Kier molecular flexibility index (Phi) is 16.4. The highest BCUT2D eigenvalue weighted by Gasteiger charge is 2.24. The Hall–Kier alpha value is -8.50. The third-order valence-electron chi connectivity index (χ3n) is 15.4. The topological polar surface area (TPSA) is 144 Å². The molecule has 10 aromatic rings. The number of para-hydroxylation sites is 2. The van der Waals surface area contributed by atoms with Crippen molar-refractivity contribution in [2.75, 3.05) is 29.9 Å². The monoisotopic (exact) mass is 1030 g/mol. The van der Waals surface area contributed by atoms with E-state index in [0.29, 0.717) is 18.5 Å². The van der Waals surface area contributed by atoms with Crippen LogP contribution in [0.5, 0.6) is 0 Å². The van der Waals surface area contributed by atoms with Gasteiger partial charge in [0.25, 0.3) is 5.91 Å². The van der Waals surface area contributed by atoms with Crippen LogP contribution in [0.4, 0.5) is 17.1 Å². The Morgan fingerprint density at radius 1 is 0.449 bits per heavy atom. The van der Waals surface area contributed by atoms with Crippen LogP contribution in [0.3, 0.4) is 0 Å². The van der Waals surface area contributed by atoms with E-state index in [1.54, 1.807) is 0 Å². The molecule has 8 aromatic carbocycles. The summed E-state index contributed by atoms with van der Waals surface area (Å²) in [5.41, 5.74) is 34.7. The van der Waals surface area contributed by atoms with Crippen molar-refractivity contribution in [3.05, 3.63) is 197 Å². The number of hydrogen-bond acceptors (Lipinski definition) is 7. The summed E-state index contributed by atoms with van der Waals surface area (Å²) in [7, 11) is 0. The normalized spacial score (nSPS) is 11.5. The molecular weight excluding hydrogens is 961 g/mol. The second kappa shape index (κ2) is 24.2. The molecule has 0 saturated carbocycles. The van der Waals surface area contributed by atoms with Gasteiger partial charge in [-0.1, -0.05) is 111 Å². The van der Waals surface area contributed by atoms with Gasteiger partial charge in [0.05, 0.1) is 0 Å². The number of unbranched alkanes of at least 4 members (excludes halogenated alkanes) is 8. The molecule has 0 radical (unpaired) electrons. The van der Waals surface area contributed by atoms with Crippen molar-refractivity contribution in [1.29, 1.82) is 0 Å². The van der Waals surface area contributed by atoms with Crippen LogP contribution in [0.25, 0.3) is 66.6 Å². The predicted molar refractivity (Wildman–Crippen MR) is 321 cm³/mol. The summed E-state index contributed by atoms with van der Waals surface area (Å²) in [5.74, 6) is 0.123. The van der Waals surface area contributed by atoms with Crippen LogP contribution >= 0.6 is 0 Å². The first-order valence-electron chi connectivity index (χ1n) is 28.0. The molecule has 0 aliphatic heterocycles. The first-order chi connectivity index (χ1) is 38.0. The number of nitrogens with two attached hydrogens (primary N) is 2. The van der Waals surface area contributed by atoms with E-state index >= 15 is 0 Å². The Morgan fingerprint density at radius 3 is 1.46 bits per heavy atom. The summed E-state index contributed by atoms with van der Waals surface area (Å²) in [5, 5.41) is 6.81. The second-order valence-corrected chi connectivity index (χ2v) is 21.2. The molecule has 1 amide bonds. The van der Waals surface area contributed by atoms with Gasteiger partial charge in [-0.25, -0.2) is 9.97 Å². The molecular formula is C68H72N8O2+2. The number of rotatable bonds is 22. The Balaban J connectivity index is 0.622. The first-order valence-corrected chi connectivity index (χ1v) is 28.0. The van der Waals surface area contributed by atoms with E-state index < -0.39 is 0 Å². The van der Waals surface area contributed by atoms with Crippen LogP contribution in [0.15, 0.2) is 158 Å². The molecule has 0 bridgehead atoms. The molecule has 0 aliphatic rings. The predicted octanol–water partition coefficient (Wildman–Crippen LogP) is 14.3. The number of carbonyl (C=O) groups excluding carboxylic acids is 2. The smallest absolute Gasteiger partial charge is 0.251 e. The Bertz CT molecular complexity index is 3530. The van der Waals surface area contributed by atoms with E-state index in [9.17, 15) is 9.59 Å². The van der Waals surface area contributed by atoms with Gasteiger partial charge in [-0.2, -0.15) is 0 Å². The van der Waals surface area contributed by atoms with Gasteiger partial charge in [0.15, 0.2) is 5.78 Å². The number of carbonyl (C=O) groups is 2. The number of aryl methyl sites for hydroxylation is 5. The molecule has 2 aromatic heterocycles. The van der Waals surface area contributed by atoms with Crippen LogP contribution in [0, 0.1) is 27.7 Å². The zero-order valence-corrected chi connectivity index (χ0v) is 45.7. The van der Waals surface area contributed by atoms with Gasteiger partial charge in [-0.05, 0) is 135 Å². The van der Waals surface area contributed by atoms with Gasteiger partial charge in [0, 0.05) is 96.2 Å². The molecule has 0 saturated heterocycles. The number of aromatic nitrogens is 4. The van der Waals surface area contributed by atoms with Crippen molar-refractivity contribution in [3.63, 3.8) is 0 Å². The minimum Gasteiger partial charge on any atom is -0.398 e. The lowest BCUT2D eigenvalue weighted by molar-refractivity contribution is -0.538. The van der Waals surface area contributed by atoms with E-state index in [-0.39, 0.29) is 11.7 Å². The van der Waals surface area contributed by atoms with Crippen molar-refractivity contribution < 1.29 is 18.7 Å². The molecule has 10 rings (SSSR count). The average molecular weight is 1030 g/mol. The van der Waals surface area contributed by atoms with Crippen molar-refractivity contribution in [1.82, 2.24) is 15.3 Å². The van der Waals surface area contributed by atoms with Gasteiger partial charge in [0.1, 0.15) is 22.1 Å². The fourth-order valence-corrected chi connectivity index (χ4v) is 10.8. The largest absolute Gasteiger partial charge is 0.398 e. The zero-order valence-electron chi connectivity index (χ0n) is 45.7. The van der Waals surface area contributed by atoms with Crippen LogP contribution in [-0.2, 0) is 6.42 Å². The lowest BCUT2D eigenvalue weighted by Gasteiger charge is -2.12. The van der Waals surface area contributed by atoms with Crippen LogP contribution in [-0.4, -0.2) is 34.7 Å². The molecule has 0 spiro atoms. The van der Waals surface area contributed by atoms with E-state index in [0.717, 1.165) is 183 Å². The van der Waals surface area contributed by atoms with Crippen LogP contribution < -0.4 is 31.2 Å². The molecule has 2 heterocycles. The Labute approximate surface area is 458 Å². The van der Waals surface area contributed by atoms with Gasteiger partial charge in [0.2, 0.25) is 33.4 Å². The molecule has 394 valence electrons. The molecule has 0 fully saturated rings. The number of hydrogen-bond donors (Lipinski definition) is 4. The highest BCUT2D eigenvalue weighted by molar-refractivity contribution is 5.97. The SMILES string of the molecule is Cc1cc2nc3cc(C)c(CCCCCCCNC(=O)c4ccc(-c5ccc(C(=O)CCCCCCCNc6cc7c(cc6C)nc6cc(C)c(N)cc6[n+]7-c6ccccc6)cc5)cc4)cc3[n+](-c3ccccc3)c2cc1N. The highest BCUT2D eigenvalue weighted by atomic mass is 16.1. The summed E-state index contributed by atoms with van der Waals surface area (Å²) >= 11 is 0. The first kappa shape index (κ1) is 52.9. The summed E-state index contributed by atoms with van der Waals surface area (Å²) in [6, 6.07) is 53.6. The second-order valence-electron chi connectivity index (χ2n) is 21.2. The number of nitrogen functional groups attached to an aromatic ring is 2. The number of Topliss-reactive ketones (excluding diaryl/α,β-unsaturated/α-hetero) is 1. The third kappa shape index (κ3) is 12.0. The Morgan fingerprint density at radius 2 is 0.897 bits per heavy atom. The van der Waals surface area contributed by atoms with Crippen LogP contribution in [0.2, 0.25) is 0 Å². The summed E-state index contributed by atoms with van der Waals surface area (Å²) < 4.78 is 4.55. The fraction of sp³-hybridized carbons (Fsp3) is 0.265. The molecule has 10 heteroatoms. The van der Waals surface area contributed by atoms with Crippen LogP contribution in [0.1, 0.15) is 119 Å². The number of ketones is 1. The number of amides is 1. The van der Waals surface area contributed by atoms with E-state index in [4.69, 9.17) is 21.4 Å². The van der Waals surface area contributed by atoms with Crippen molar-refractivity contribution >= 4 is 72.9 Å². The maximum atomic E-state index is 13.1. The minimum atomic E-state index is -0.0548. The number of benzene rings is 8. The molecule has 10 nitrogen and oxygen atoms in total.